The van der Waals surface area contributed by atoms with Gasteiger partial charge in [0.15, 0.2) is 0 Å². The van der Waals surface area contributed by atoms with Gasteiger partial charge in [-0.2, -0.15) is 0 Å². The van der Waals surface area contributed by atoms with E-state index in [0.717, 1.165) is 6.42 Å². The summed E-state index contributed by atoms with van der Waals surface area (Å²) in [4.78, 5) is 1.38. The molecule has 0 spiro atoms. The Labute approximate surface area is 127 Å². The lowest BCUT2D eigenvalue weighted by Gasteiger charge is -2.04. The van der Waals surface area contributed by atoms with Crippen LogP contribution in [-0.2, 0) is 0 Å². The molecule has 105 valence electrons. The van der Waals surface area contributed by atoms with Crippen molar-refractivity contribution in [3.05, 3.63) is 61.5 Å². The third-order valence-electron chi connectivity index (χ3n) is 3.37. The molecule has 0 aromatic heterocycles. The summed E-state index contributed by atoms with van der Waals surface area (Å²) >= 11 is 1.97. The number of thioether (sulfide) groups is 1. The first-order valence-corrected chi connectivity index (χ1v) is 8.46. The van der Waals surface area contributed by atoms with Crippen molar-refractivity contribution in [2.45, 2.75) is 37.0 Å². The Morgan fingerprint density at radius 1 is 0.700 bits per heavy atom. The predicted octanol–water partition coefficient (Wildman–Crippen LogP) is 6.23. The van der Waals surface area contributed by atoms with Gasteiger partial charge < -0.3 is 0 Å². The van der Waals surface area contributed by atoms with Crippen molar-refractivity contribution in [1.82, 2.24) is 0 Å². The summed E-state index contributed by atoms with van der Waals surface area (Å²) in [6, 6.07) is 19.5. The van der Waals surface area contributed by atoms with Crippen molar-refractivity contribution in [1.29, 1.82) is 0 Å². The maximum Gasteiger partial charge on any atom is 0.00723 e. The van der Waals surface area contributed by atoms with Gasteiger partial charge in [0.1, 0.15) is 0 Å². The van der Waals surface area contributed by atoms with E-state index >= 15 is 0 Å². The van der Waals surface area contributed by atoms with Crippen molar-refractivity contribution < 1.29 is 0 Å². The molecule has 0 aliphatic rings. The van der Waals surface area contributed by atoms with Gasteiger partial charge in [0.05, 0.1) is 0 Å². The van der Waals surface area contributed by atoms with E-state index in [0.29, 0.717) is 0 Å². The maximum atomic E-state index is 3.88. The zero-order valence-electron chi connectivity index (χ0n) is 12.1. The fourth-order valence-electron chi connectivity index (χ4n) is 2.20. The SMILES string of the molecule is [CH2]CCCCCCSc1ccc(-c2ccccc2)cc1. The highest BCUT2D eigenvalue weighted by molar-refractivity contribution is 7.99. The Morgan fingerprint density at radius 2 is 1.35 bits per heavy atom. The first-order chi connectivity index (χ1) is 9.90. The zero-order valence-corrected chi connectivity index (χ0v) is 12.9. The molecule has 2 aromatic carbocycles. The Kier molecular flexibility index (Phi) is 6.73. The van der Waals surface area contributed by atoms with Crippen molar-refractivity contribution in [2.24, 2.45) is 0 Å². The normalized spacial score (nSPS) is 10.7. The van der Waals surface area contributed by atoms with E-state index in [2.05, 4.69) is 61.5 Å². The van der Waals surface area contributed by atoms with Gasteiger partial charge in [-0.15, -0.1) is 11.8 Å². The van der Waals surface area contributed by atoms with E-state index in [1.807, 2.05) is 11.8 Å². The summed E-state index contributed by atoms with van der Waals surface area (Å²) in [5.41, 5.74) is 2.59. The van der Waals surface area contributed by atoms with Crippen LogP contribution >= 0.6 is 11.8 Å². The van der Waals surface area contributed by atoms with Crippen LogP contribution in [-0.4, -0.2) is 5.75 Å². The lowest BCUT2D eigenvalue weighted by Crippen LogP contribution is -1.82. The fraction of sp³-hybridized carbons (Fsp3) is 0.316. The minimum Gasteiger partial charge on any atom is -0.126 e. The highest BCUT2D eigenvalue weighted by Gasteiger charge is 1.98. The second kappa shape index (κ2) is 8.86. The Balaban J connectivity index is 1.77. The molecule has 2 aromatic rings. The summed E-state index contributed by atoms with van der Waals surface area (Å²) in [5.74, 6) is 1.22. The first kappa shape index (κ1) is 15.2. The van der Waals surface area contributed by atoms with E-state index in [9.17, 15) is 0 Å². The summed E-state index contributed by atoms with van der Waals surface area (Å²) in [6.07, 6.45) is 6.33. The standard InChI is InChI=1S/C19H23S/c1-2-3-4-5-9-16-20-19-14-12-18(13-15-19)17-10-7-6-8-11-17/h6-8,10-15H,1-5,9,16H2. The molecule has 0 saturated carbocycles. The second-order valence-corrected chi connectivity index (χ2v) is 6.17. The van der Waals surface area contributed by atoms with E-state index in [1.165, 1.54) is 47.5 Å². The van der Waals surface area contributed by atoms with E-state index in [1.54, 1.807) is 0 Å². The summed E-state index contributed by atoms with van der Waals surface area (Å²) in [7, 11) is 0. The molecule has 20 heavy (non-hydrogen) atoms. The van der Waals surface area contributed by atoms with Crippen LogP contribution in [0.2, 0.25) is 0 Å². The van der Waals surface area contributed by atoms with Crippen LogP contribution in [0, 0.1) is 6.92 Å². The highest BCUT2D eigenvalue weighted by atomic mass is 32.2. The van der Waals surface area contributed by atoms with Crippen LogP contribution in [0.25, 0.3) is 11.1 Å². The van der Waals surface area contributed by atoms with Gasteiger partial charge in [0, 0.05) is 4.90 Å². The largest absolute Gasteiger partial charge is 0.126 e. The number of hydrogen-bond acceptors (Lipinski definition) is 1. The molecule has 0 atom stereocenters. The number of unbranched alkanes of at least 4 members (excludes halogenated alkanes) is 4. The van der Waals surface area contributed by atoms with E-state index in [4.69, 9.17) is 0 Å². The Hall–Kier alpha value is -1.21. The molecule has 1 radical (unpaired) electrons. The van der Waals surface area contributed by atoms with E-state index in [-0.39, 0.29) is 0 Å². The van der Waals surface area contributed by atoms with Crippen molar-refractivity contribution in [2.75, 3.05) is 5.75 Å². The Bertz CT molecular complexity index is 473. The third-order valence-corrected chi connectivity index (χ3v) is 4.47. The molecular weight excluding hydrogens is 260 g/mol. The molecule has 1 heteroatoms. The maximum absolute atomic E-state index is 3.88. The summed E-state index contributed by atoms with van der Waals surface area (Å²) in [5, 5.41) is 0. The first-order valence-electron chi connectivity index (χ1n) is 7.47. The molecule has 0 aliphatic heterocycles. The van der Waals surface area contributed by atoms with Crippen LogP contribution < -0.4 is 0 Å². The molecule has 0 aliphatic carbocycles. The predicted molar refractivity (Wildman–Crippen MR) is 91.0 cm³/mol. The van der Waals surface area contributed by atoms with Crippen LogP contribution in [0.4, 0.5) is 0 Å². The minimum absolute atomic E-state index is 1.08. The molecule has 0 saturated heterocycles. The molecular formula is C19H23S. The molecule has 0 fully saturated rings. The average molecular weight is 283 g/mol. The topological polar surface area (TPSA) is 0 Å². The minimum atomic E-state index is 1.08. The fourth-order valence-corrected chi connectivity index (χ4v) is 3.11. The number of hydrogen-bond donors (Lipinski definition) is 0. The molecule has 0 nitrogen and oxygen atoms in total. The van der Waals surface area contributed by atoms with Crippen molar-refractivity contribution in [3.63, 3.8) is 0 Å². The van der Waals surface area contributed by atoms with Gasteiger partial charge in [-0.25, -0.2) is 0 Å². The molecule has 0 unspecified atom stereocenters. The van der Waals surface area contributed by atoms with Gasteiger partial charge in [-0.1, -0.05) is 75.1 Å². The van der Waals surface area contributed by atoms with Gasteiger partial charge >= 0.3 is 0 Å². The molecule has 0 bridgehead atoms. The van der Waals surface area contributed by atoms with Gasteiger partial charge in [-0.05, 0) is 35.4 Å². The second-order valence-electron chi connectivity index (χ2n) is 5.01. The summed E-state index contributed by atoms with van der Waals surface area (Å²) < 4.78 is 0. The third kappa shape index (κ3) is 5.05. The van der Waals surface area contributed by atoms with Gasteiger partial charge in [0.25, 0.3) is 0 Å². The lowest BCUT2D eigenvalue weighted by atomic mass is 10.1. The van der Waals surface area contributed by atoms with Gasteiger partial charge in [0.2, 0.25) is 0 Å². The number of benzene rings is 2. The molecule has 0 amide bonds. The van der Waals surface area contributed by atoms with Crippen molar-refractivity contribution >= 4 is 11.8 Å². The number of rotatable bonds is 8. The van der Waals surface area contributed by atoms with Crippen LogP contribution in [0.15, 0.2) is 59.5 Å². The van der Waals surface area contributed by atoms with Crippen LogP contribution in [0.1, 0.15) is 32.1 Å². The molecule has 0 heterocycles. The molecule has 2 rings (SSSR count). The quantitative estimate of drug-likeness (QED) is 0.409. The van der Waals surface area contributed by atoms with Crippen molar-refractivity contribution in [3.8, 4) is 11.1 Å². The molecule has 0 N–H and O–H groups in total. The zero-order chi connectivity index (χ0) is 14.0. The highest BCUT2D eigenvalue weighted by Crippen LogP contribution is 2.24. The van der Waals surface area contributed by atoms with E-state index < -0.39 is 0 Å². The average Bonchev–Trinajstić information content (AvgIpc) is 2.52. The monoisotopic (exact) mass is 283 g/mol. The Morgan fingerprint density at radius 3 is 2.05 bits per heavy atom. The smallest absolute Gasteiger partial charge is 0.00723 e. The lowest BCUT2D eigenvalue weighted by molar-refractivity contribution is 0.677. The van der Waals surface area contributed by atoms with Crippen LogP contribution in [0.3, 0.4) is 0 Å². The van der Waals surface area contributed by atoms with Gasteiger partial charge in [-0.3, -0.25) is 0 Å². The van der Waals surface area contributed by atoms with Crippen LogP contribution in [0.5, 0.6) is 0 Å². The summed E-state index contributed by atoms with van der Waals surface area (Å²) in [6.45, 7) is 3.88.